The Morgan fingerprint density at radius 2 is 2.11 bits per heavy atom. The Morgan fingerprint density at radius 3 is 2.86 bits per heavy atom. The van der Waals surface area contributed by atoms with Gasteiger partial charge in [-0.25, -0.2) is 4.79 Å². The Bertz CT molecular complexity index is 886. The number of thiophene rings is 1. The molecule has 0 amide bonds. The normalized spacial score (nSPS) is 21.4. The number of hydrogen-bond acceptors (Lipinski definition) is 4. The zero-order valence-electron chi connectivity index (χ0n) is 17.0. The number of carboxylic acid groups (broad SMARTS) is 1. The third kappa shape index (κ3) is 3.58. The Kier molecular flexibility index (Phi) is 5.23. The molecule has 1 aromatic heterocycles. The van der Waals surface area contributed by atoms with E-state index < -0.39 is 5.97 Å². The topological polar surface area (TPSA) is 49.8 Å². The molecule has 2 heterocycles. The van der Waals surface area contributed by atoms with E-state index in [9.17, 15) is 9.90 Å². The highest BCUT2D eigenvalue weighted by Gasteiger charge is 2.34. The van der Waals surface area contributed by atoms with Gasteiger partial charge < -0.3 is 14.7 Å². The maximum absolute atomic E-state index is 12.3. The van der Waals surface area contributed by atoms with Crippen LogP contribution in [0.3, 0.4) is 0 Å². The molecular weight excluding hydrogens is 370 g/mol. The molecule has 1 aromatic carbocycles. The third-order valence-corrected chi connectivity index (χ3v) is 7.51. The van der Waals surface area contributed by atoms with Gasteiger partial charge in [0.05, 0.1) is 16.5 Å². The van der Waals surface area contributed by atoms with Crippen molar-refractivity contribution in [1.29, 1.82) is 0 Å². The first kappa shape index (κ1) is 19.5. The van der Waals surface area contributed by atoms with Crippen molar-refractivity contribution in [1.82, 2.24) is 0 Å². The number of rotatable bonds is 4. The minimum atomic E-state index is -0.798. The summed E-state index contributed by atoms with van der Waals surface area (Å²) in [5, 5.41) is 10.1. The highest BCUT2D eigenvalue weighted by Crippen LogP contribution is 2.47. The average molecular weight is 400 g/mol. The second-order valence-electron chi connectivity index (χ2n) is 8.82. The van der Waals surface area contributed by atoms with E-state index in [1.807, 2.05) is 12.1 Å². The monoisotopic (exact) mass is 399 g/mol. The molecule has 4 nitrogen and oxygen atoms in total. The van der Waals surface area contributed by atoms with Gasteiger partial charge in [-0.05, 0) is 49.1 Å². The van der Waals surface area contributed by atoms with Gasteiger partial charge in [-0.1, -0.05) is 32.0 Å². The lowest BCUT2D eigenvalue weighted by atomic mass is 9.76. The maximum Gasteiger partial charge on any atom is 0.337 e. The molecule has 28 heavy (non-hydrogen) atoms. The number of aromatic carboxylic acids is 1. The van der Waals surface area contributed by atoms with Crippen LogP contribution in [0.5, 0.6) is 0 Å². The van der Waals surface area contributed by atoms with Gasteiger partial charge >= 0.3 is 5.97 Å². The van der Waals surface area contributed by atoms with E-state index in [4.69, 9.17) is 4.74 Å². The predicted octanol–water partition coefficient (Wildman–Crippen LogP) is 5.24. The van der Waals surface area contributed by atoms with Crippen LogP contribution in [0.15, 0.2) is 24.3 Å². The van der Waals surface area contributed by atoms with Crippen LogP contribution in [-0.4, -0.2) is 37.4 Å². The number of piperidine rings is 1. The van der Waals surface area contributed by atoms with Crippen LogP contribution in [0.4, 0.5) is 5.69 Å². The number of nitrogens with zero attached hydrogens (tertiary/aromatic N) is 1. The summed E-state index contributed by atoms with van der Waals surface area (Å²) in [5.41, 5.74) is 3.93. The van der Waals surface area contributed by atoms with Gasteiger partial charge in [0.2, 0.25) is 0 Å². The van der Waals surface area contributed by atoms with Crippen LogP contribution in [0, 0.1) is 5.41 Å². The van der Waals surface area contributed by atoms with Crippen molar-refractivity contribution in [3.63, 3.8) is 0 Å². The molecule has 0 radical (unpaired) electrons. The van der Waals surface area contributed by atoms with E-state index in [-0.39, 0.29) is 11.5 Å². The summed E-state index contributed by atoms with van der Waals surface area (Å²) in [4.78, 5) is 16.8. The molecule has 2 aromatic rings. The lowest BCUT2D eigenvalue weighted by Gasteiger charge is -2.34. The van der Waals surface area contributed by atoms with Crippen LogP contribution in [0.25, 0.3) is 10.4 Å². The number of carbonyl (C=O) groups is 1. The zero-order valence-corrected chi connectivity index (χ0v) is 17.8. The van der Waals surface area contributed by atoms with E-state index >= 15 is 0 Å². The van der Waals surface area contributed by atoms with E-state index in [1.165, 1.54) is 4.88 Å². The highest BCUT2D eigenvalue weighted by atomic mass is 32.1. The lowest BCUT2D eigenvalue weighted by Crippen LogP contribution is -2.39. The summed E-state index contributed by atoms with van der Waals surface area (Å²) in [6.07, 6.45) is 5.34. The standard InChI is InChI=1S/C23H29NO3S/c1-23(2)11-10-19-17(13-23)20(22(25)26)21(28-19)16-8-4-5-9-18(16)24-12-6-7-15(14-24)27-3/h4-5,8-9,15H,6-7,10-14H2,1-3H3,(H,25,26)/t15-/m0/s1. The zero-order chi connectivity index (χ0) is 19.9. The van der Waals surface area contributed by atoms with Gasteiger partial charge in [-0.2, -0.15) is 0 Å². The number of fused-ring (bicyclic) bond motifs is 1. The van der Waals surface area contributed by atoms with E-state index in [0.717, 1.165) is 66.9 Å². The van der Waals surface area contributed by atoms with E-state index in [1.54, 1.807) is 18.4 Å². The number of anilines is 1. The van der Waals surface area contributed by atoms with Crippen molar-refractivity contribution < 1.29 is 14.6 Å². The largest absolute Gasteiger partial charge is 0.478 e. The van der Waals surface area contributed by atoms with Gasteiger partial charge in [0.25, 0.3) is 0 Å². The molecule has 0 saturated carbocycles. The molecule has 4 rings (SSSR count). The molecule has 0 spiro atoms. The van der Waals surface area contributed by atoms with Gasteiger partial charge in [0.15, 0.2) is 0 Å². The quantitative estimate of drug-likeness (QED) is 0.763. The van der Waals surface area contributed by atoms with Crippen LogP contribution < -0.4 is 4.90 Å². The molecule has 1 aliphatic carbocycles. The summed E-state index contributed by atoms with van der Waals surface area (Å²) in [6, 6.07) is 8.28. The number of hydrogen-bond donors (Lipinski definition) is 1. The van der Waals surface area contributed by atoms with E-state index in [0.29, 0.717) is 5.56 Å². The Labute approximate surface area is 171 Å². The molecule has 1 saturated heterocycles. The van der Waals surface area contributed by atoms with Crippen molar-refractivity contribution >= 4 is 23.0 Å². The molecule has 1 atom stereocenters. The van der Waals surface area contributed by atoms with Crippen LogP contribution in [0.1, 0.15) is 53.9 Å². The summed E-state index contributed by atoms with van der Waals surface area (Å²) in [7, 11) is 1.78. The van der Waals surface area contributed by atoms with Crippen molar-refractivity contribution in [2.45, 2.75) is 52.1 Å². The second kappa shape index (κ2) is 7.53. The summed E-state index contributed by atoms with van der Waals surface area (Å²) >= 11 is 1.69. The molecule has 0 unspecified atom stereocenters. The molecule has 5 heteroatoms. The Morgan fingerprint density at radius 1 is 1.32 bits per heavy atom. The number of ether oxygens (including phenoxy) is 1. The van der Waals surface area contributed by atoms with Crippen LogP contribution in [0.2, 0.25) is 0 Å². The smallest absolute Gasteiger partial charge is 0.337 e. The fourth-order valence-electron chi connectivity index (χ4n) is 4.63. The first-order valence-corrected chi connectivity index (χ1v) is 11.0. The van der Waals surface area contributed by atoms with Gasteiger partial charge in [-0.15, -0.1) is 11.3 Å². The highest BCUT2D eigenvalue weighted by molar-refractivity contribution is 7.16. The van der Waals surface area contributed by atoms with Crippen molar-refractivity contribution in [3.8, 4) is 10.4 Å². The summed E-state index contributed by atoms with van der Waals surface area (Å²) in [5.74, 6) is -0.798. The average Bonchev–Trinajstić information content (AvgIpc) is 3.05. The van der Waals surface area contributed by atoms with E-state index in [2.05, 4.69) is 30.9 Å². The molecule has 150 valence electrons. The molecule has 1 fully saturated rings. The number of aryl methyl sites for hydroxylation is 1. The first-order valence-electron chi connectivity index (χ1n) is 10.1. The van der Waals surface area contributed by atoms with Crippen LogP contribution >= 0.6 is 11.3 Å². The fourth-order valence-corrected chi connectivity index (χ4v) is 5.97. The van der Waals surface area contributed by atoms with Gasteiger partial charge in [-0.3, -0.25) is 0 Å². The number of carboxylic acids is 1. The lowest BCUT2D eigenvalue weighted by molar-refractivity contribution is 0.0696. The maximum atomic E-state index is 12.3. The Hall–Kier alpha value is -1.85. The second-order valence-corrected chi connectivity index (χ2v) is 9.92. The number of para-hydroxylation sites is 1. The van der Waals surface area contributed by atoms with Crippen LogP contribution in [-0.2, 0) is 17.6 Å². The predicted molar refractivity (Wildman–Crippen MR) is 115 cm³/mol. The van der Waals surface area contributed by atoms with Crippen molar-refractivity contribution in [2.75, 3.05) is 25.1 Å². The first-order chi connectivity index (χ1) is 13.4. The third-order valence-electron chi connectivity index (χ3n) is 6.19. The Balaban J connectivity index is 1.81. The molecule has 0 bridgehead atoms. The van der Waals surface area contributed by atoms with Crippen molar-refractivity contribution in [3.05, 3.63) is 40.3 Å². The SMILES string of the molecule is CO[C@H]1CCCN(c2ccccc2-c2sc3c(c2C(=O)O)CC(C)(C)CC3)C1. The molecular formula is C23H29NO3S. The van der Waals surface area contributed by atoms with Gasteiger partial charge in [0.1, 0.15) is 0 Å². The summed E-state index contributed by atoms with van der Waals surface area (Å²) < 4.78 is 5.61. The van der Waals surface area contributed by atoms with Gasteiger partial charge in [0, 0.05) is 36.3 Å². The molecule has 1 aliphatic heterocycles. The number of methoxy groups -OCH3 is 1. The van der Waals surface area contributed by atoms with Crippen molar-refractivity contribution in [2.24, 2.45) is 5.41 Å². The number of benzene rings is 1. The molecule has 2 aliphatic rings. The summed E-state index contributed by atoms with van der Waals surface area (Å²) in [6.45, 7) is 6.32. The minimum Gasteiger partial charge on any atom is -0.478 e. The fraction of sp³-hybridized carbons (Fsp3) is 0.522. The molecule has 1 N–H and O–H groups in total. The minimum absolute atomic E-state index is 0.160.